The van der Waals surface area contributed by atoms with Gasteiger partial charge >= 0.3 is 0 Å². The van der Waals surface area contributed by atoms with E-state index in [9.17, 15) is 0 Å². The Morgan fingerprint density at radius 1 is 1.16 bits per heavy atom. The van der Waals surface area contributed by atoms with Gasteiger partial charge in [0.25, 0.3) is 0 Å². The average Bonchev–Trinajstić information content (AvgIpc) is 2.85. The van der Waals surface area contributed by atoms with E-state index in [1.807, 2.05) is 7.05 Å². The Labute approximate surface area is 113 Å². The number of nitrogens with one attached hydrogen (secondary N) is 2. The second kappa shape index (κ2) is 3.99. The molecule has 0 radical (unpaired) electrons. The molecule has 0 amide bonds. The van der Waals surface area contributed by atoms with Crippen LogP contribution in [0.2, 0.25) is 0 Å². The van der Waals surface area contributed by atoms with Gasteiger partial charge < -0.3 is 15.4 Å². The zero-order chi connectivity index (χ0) is 13.0. The summed E-state index contributed by atoms with van der Waals surface area (Å²) in [5.41, 5.74) is 0. The summed E-state index contributed by atoms with van der Waals surface area (Å²) in [6.07, 6.45) is 5.93. The van der Waals surface area contributed by atoms with Crippen molar-refractivity contribution in [2.24, 2.45) is 23.7 Å². The molecule has 5 nitrogen and oxygen atoms in total. The Kier molecular flexibility index (Phi) is 2.37. The van der Waals surface area contributed by atoms with Gasteiger partial charge in [-0.3, -0.25) is 0 Å². The van der Waals surface area contributed by atoms with Gasteiger partial charge in [-0.2, -0.15) is 0 Å². The van der Waals surface area contributed by atoms with Gasteiger partial charge in [0.05, 0.1) is 7.11 Å². The summed E-state index contributed by atoms with van der Waals surface area (Å²) in [6.45, 7) is 0. The van der Waals surface area contributed by atoms with Gasteiger partial charge in [0.2, 0.25) is 5.75 Å². The minimum atomic E-state index is 0.611. The van der Waals surface area contributed by atoms with Gasteiger partial charge in [-0.1, -0.05) is 0 Å². The maximum Gasteiger partial charge on any atom is 0.204 e. The molecule has 0 aromatic carbocycles. The molecule has 0 spiro atoms. The lowest BCUT2D eigenvalue weighted by Gasteiger charge is -2.15. The first-order chi connectivity index (χ1) is 9.33. The number of rotatable bonds is 4. The normalized spacial score (nSPS) is 37.9. The Morgan fingerprint density at radius 2 is 1.84 bits per heavy atom. The lowest BCUT2D eigenvalue weighted by atomic mass is 10.0. The Hall–Kier alpha value is -1.52. The van der Waals surface area contributed by atoms with Crippen LogP contribution in [0.4, 0.5) is 11.6 Å². The highest BCUT2D eigenvalue weighted by atomic mass is 16.5. The second-order valence-corrected chi connectivity index (χ2v) is 6.01. The number of methoxy groups -OCH3 is 1. The van der Waals surface area contributed by atoms with Crippen LogP contribution in [0.25, 0.3) is 0 Å². The summed E-state index contributed by atoms with van der Waals surface area (Å²) in [5, 5.41) is 6.64. The third kappa shape index (κ3) is 1.53. The van der Waals surface area contributed by atoms with Crippen LogP contribution in [0.3, 0.4) is 0 Å². The highest BCUT2D eigenvalue weighted by Gasteiger charge is 2.65. The minimum absolute atomic E-state index is 0.611. The number of nitrogens with zero attached hydrogens (tertiary/aromatic N) is 2. The monoisotopic (exact) mass is 260 g/mol. The standard InChI is InChI=1S/C14H20N4O/c1-15-13-12(19-2)14(17-6-16-13)18-11-9-7-3-4-8(5-7)10(9)11/h6-11H,3-5H2,1-2H3,(H2,15,16,17,18). The molecule has 3 fully saturated rings. The minimum Gasteiger partial charge on any atom is -0.490 e. The average molecular weight is 260 g/mol. The van der Waals surface area contributed by atoms with Crippen LogP contribution in [0, 0.1) is 23.7 Å². The van der Waals surface area contributed by atoms with Gasteiger partial charge in [0.1, 0.15) is 6.33 Å². The lowest BCUT2D eigenvalue weighted by Crippen LogP contribution is -2.15. The third-order valence-electron chi connectivity index (χ3n) is 5.28. The molecular weight excluding hydrogens is 240 g/mol. The molecule has 4 unspecified atom stereocenters. The number of anilines is 2. The topological polar surface area (TPSA) is 59.1 Å². The van der Waals surface area contributed by atoms with Crippen molar-refractivity contribution in [2.45, 2.75) is 25.3 Å². The van der Waals surface area contributed by atoms with E-state index >= 15 is 0 Å². The molecule has 3 aliphatic rings. The first-order valence-corrected chi connectivity index (χ1v) is 7.16. The molecule has 4 atom stereocenters. The van der Waals surface area contributed by atoms with Crippen molar-refractivity contribution in [3.05, 3.63) is 6.33 Å². The van der Waals surface area contributed by atoms with E-state index in [1.54, 1.807) is 13.4 Å². The first kappa shape index (κ1) is 11.3. The van der Waals surface area contributed by atoms with Crippen LogP contribution >= 0.6 is 0 Å². The van der Waals surface area contributed by atoms with E-state index in [0.29, 0.717) is 6.04 Å². The molecule has 4 rings (SSSR count). The predicted molar refractivity (Wildman–Crippen MR) is 73.4 cm³/mol. The summed E-state index contributed by atoms with van der Waals surface area (Å²) in [7, 11) is 3.52. The zero-order valence-electron chi connectivity index (χ0n) is 11.4. The van der Waals surface area contributed by atoms with Gasteiger partial charge in [-0.25, -0.2) is 9.97 Å². The van der Waals surface area contributed by atoms with Crippen LogP contribution in [0.5, 0.6) is 5.75 Å². The highest BCUT2D eigenvalue weighted by molar-refractivity contribution is 5.64. The fourth-order valence-corrected chi connectivity index (χ4v) is 4.52. The Balaban J connectivity index is 1.55. The van der Waals surface area contributed by atoms with Crippen molar-refractivity contribution in [2.75, 3.05) is 24.8 Å². The van der Waals surface area contributed by atoms with E-state index in [0.717, 1.165) is 41.1 Å². The molecule has 1 aromatic heterocycles. The largest absolute Gasteiger partial charge is 0.490 e. The van der Waals surface area contributed by atoms with Gasteiger partial charge in [0, 0.05) is 13.1 Å². The zero-order valence-corrected chi connectivity index (χ0v) is 11.4. The summed E-state index contributed by atoms with van der Waals surface area (Å²) >= 11 is 0. The molecule has 19 heavy (non-hydrogen) atoms. The molecule has 3 aliphatic carbocycles. The number of ether oxygens (including phenoxy) is 1. The number of aromatic nitrogens is 2. The quantitative estimate of drug-likeness (QED) is 0.867. The number of hydrogen-bond donors (Lipinski definition) is 2. The molecule has 3 saturated carbocycles. The Morgan fingerprint density at radius 3 is 2.47 bits per heavy atom. The van der Waals surface area contributed by atoms with E-state index in [2.05, 4.69) is 20.6 Å². The third-order valence-corrected chi connectivity index (χ3v) is 5.28. The molecule has 102 valence electrons. The van der Waals surface area contributed by atoms with E-state index in [-0.39, 0.29) is 0 Å². The smallest absolute Gasteiger partial charge is 0.204 e. The number of hydrogen-bond acceptors (Lipinski definition) is 5. The fraction of sp³-hybridized carbons (Fsp3) is 0.714. The van der Waals surface area contributed by atoms with Crippen LogP contribution in [-0.4, -0.2) is 30.2 Å². The molecule has 2 N–H and O–H groups in total. The van der Waals surface area contributed by atoms with Crippen LogP contribution in [0.1, 0.15) is 19.3 Å². The predicted octanol–water partition coefficient (Wildman–Crippen LogP) is 1.98. The van der Waals surface area contributed by atoms with Crippen molar-refractivity contribution >= 4 is 11.6 Å². The molecule has 0 aliphatic heterocycles. The molecular formula is C14H20N4O. The van der Waals surface area contributed by atoms with E-state index in [4.69, 9.17) is 4.74 Å². The molecule has 2 bridgehead atoms. The van der Waals surface area contributed by atoms with Gasteiger partial charge in [0.15, 0.2) is 11.6 Å². The van der Waals surface area contributed by atoms with Crippen LogP contribution < -0.4 is 15.4 Å². The summed E-state index contributed by atoms with van der Waals surface area (Å²) in [4.78, 5) is 8.53. The maximum absolute atomic E-state index is 5.44. The fourth-order valence-electron chi connectivity index (χ4n) is 4.52. The summed E-state index contributed by atoms with van der Waals surface area (Å²) < 4.78 is 5.44. The van der Waals surface area contributed by atoms with Crippen molar-refractivity contribution in [3.8, 4) is 5.75 Å². The first-order valence-electron chi connectivity index (χ1n) is 7.16. The molecule has 1 heterocycles. The van der Waals surface area contributed by atoms with Crippen LogP contribution in [0.15, 0.2) is 6.33 Å². The SMILES string of the molecule is CNc1ncnc(NC2C3C4CCC(C4)C23)c1OC. The molecule has 0 saturated heterocycles. The number of fused-ring (bicyclic) bond motifs is 5. The van der Waals surface area contributed by atoms with E-state index < -0.39 is 0 Å². The van der Waals surface area contributed by atoms with Gasteiger partial charge in [-0.05, 0) is 42.9 Å². The molecule has 1 aromatic rings. The summed E-state index contributed by atoms with van der Waals surface area (Å²) in [5.74, 6) is 6.00. The highest BCUT2D eigenvalue weighted by Crippen LogP contribution is 2.66. The summed E-state index contributed by atoms with van der Waals surface area (Å²) in [6, 6.07) is 0.611. The Bertz CT molecular complexity index is 490. The van der Waals surface area contributed by atoms with Crippen molar-refractivity contribution in [1.29, 1.82) is 0 Å². The van der Waals surface area contributed by atoms with E-state index in [1.165, 1.54) is 19.3 Å². The van der Waals surface area contributed by atoms with Crippen molar-refractivity contribution in [1.82, 2.24) is 9.97 Å². The second-order valence-electron chi connectivity index (χ2n) is 6.01. The van der Waals surface area contributed by atoms with Crippen LogP contribution in [-0.2, 0) is 0 Å². The van der Waals surface area contributed by atoms with Gasteiger partial charge in [-0.15, -0.1) is 0 Å². The molecule has 5 heteroatoms. The van der Waals surface area contributed by atoms with Crippen molar-refractivity contribution < 1.29 is 4.74 Å². The van der Waals surface area contributed by atoms with Crippen molar-refractivity contribution in [3.63, 3.8) is 0 Å². The lowest BCUT2D eigenvalue weighted by molar-refractivity contribution is 0.414. The maximum atomic E-state index is 5.44.